The van der Waals surface area contributed by atoms with Crippen LogP contribution in [0.2, 0.25) is 0 Å². The minimum absolute atomic E-state index is 0.0523. The minimum Gasteiger partial charge on any atom is -0.310 e. The lowest BCUT2D eigenvalue weighted by Crippen LogP contribution is -2.36. The first-order chi connectivity index (χ1) is 23.6. The van der Waals surface area contributed by atoms with E-state index in [9.17, 15) is 0 Å². The van der Waals surface area contributed by atoms with Gasteiger partial charge in [-0.05, 0) is 78.6 Å². The molecular weight excluding hydrogens is 583 g/mol. The summed E-state index contributed by atoms with van der Waals surface area (Å²) in [6, 6.07) is 51.2. The van der Waals surface area contributed by atoms with Crippen LogP contribution in [0.4, 0.5) is 11.4 Å². The number of benzene rings is 6. The van der Waals surface area contributed by atoms with E-state index in [0.717, 1.165) is 24.2 Å². The van der Waals surface area contributed by atoms with E-state index in [1.165, 1.54) is 71.8 Å². The Balaban J connectivity index is 1.33. The molecule has 0 amide bonds. The molecule has 0 bridgehead atoms. The molecule has 48 heavy (non-hydrogen) atoms. The van der Waals surface area contributed by atoms with Gasteiger partial charge in [0.15, 0.2) is 0 Å². The molecule has 230 valence electrons. The molecule has 3 heterocycles. The number of nitrogens with zero attached hydrogens (tertiary/aromatic N) is 3. The summed E-state index contributed by atoms with van der Waals surface area (Å²) in [5.74, 6) is 0. The molecule has 0 fully saturated rings. The van der Waals surface area contributed by atoms with Gasteiger partial charge in [0, 0.05) is 49.7 Å². The van der Waals surface area contributed by atoms with Gasteiger partial charge in [0.25, 0.3) is 0 Å². The Morgan fingerprint density at radius 3 is 1.79 bits per heavy atom. The average Bonchev–Trinajstić information content (AvgIpc) is 3.65. The molecule has 0 N–H and O–H groups in total. The summed E-state index contributed by atoms with van der Waals surface area (Å²) in [5, 5.41) is 5.03. The summed E-state index contributed by atoms with van der Waals surface area (Å²) >= 11 is 0. The molecular formula is C45H35N3. The Bertz CT molecular complexity index is 2630. The second kappa shape index (κ2) is 10.1. The molecule has 3 heteroatoms. The first-order valence-corrected chi connectivity index (χ1v) is 17.0. The summed E-state index contributed by atoms with van der Waals surface area (Å²) in [7, 11) is 0. The van der Waals surface area contributed by atoms with Crippen molar-refractivity contribution in [2.45, 2.75) is 32.1 Å². The number of aromatic nitrogens is 2. The standard InChI is InChI=1S/C45H35N3/c1-45(2)37-20-10-13-23-41(37)46(42-24-14-11-21-38(42)45)32-25-28-40-36(29-32)35-27-26-34-33-19-9-12-22-39(33)47(30-15-5-3-6-16-30)43(34)44(35)48(40)31-17-7-4-8-18-31/h3-10,12-13,15-29H,11,14H2,1-2H3. The summed E-state index contributed by atoms with van der Waals surface area (Å²) in [4.78, 5) is 2.51. The van der Waals surface area contributed by atoms with Crippen molar-refractivity contribution >= 4 is 55.0 Å². The first kappa shape index (κ1) is 27.3. The lowest BCUT2D eigenvalue weighted by molar-refractivity contribution is 0.603. The monoisotopic (exact) mass is 617 g/mol. The molecule has 0 atom stereocenters. The van der Waals surface area contributed by atoms with E-state index < -0.39 is 0 Å². The molecule has 3 nitrogen and oxygen atoms in total. The van der Waals surface area contributed by atoms with Gasteiger partial charge in [0.05, 0.1) is 27.8 Å². The van der Waals surface area contributed by atoms with Crippen molar-refractivity contribution in [2.75, 3.05) is 4.90 Å². The third kappa shape index (κ3) is 3.70. The van der Waals surface area contributed by atoms with Crippen molar-refractivity contribution in [1.29, 1.82) is 0 Å². The van der Waals surface area contributed by atoms with Gasteiger partial charge in [0.1, 0.15) is 0 Å². The molecule has 10 rings (SSSR count). The zero-order valence-corrected chi connectivity index (χ0v) is 27.2. The molecule has 1 aliphatic carbocycles. The van der Waals surface area contributed by atoms with E-state index in [2.05, 4.69) is 180 Å². The minimum atomic E-state index is -0.0523. The van der Waals surface area contributed by atoms with Crippen LogP contribution in [-0.4, -0.2) is 9.13 Å². The predicted octanol–water partition coefficient (Wildman–Crippen LogP) is 11.9. The number of rotatable bonds is 3. The second-order valence-corrected chi connectivity index (χ2v) is 13.7. The normalized spacial score (nSPS) is 15.5. The number of fused-ring (bicyclic) bond motifs is 9. The zero-order valence-electron chi connectivity index (χ0n) is 27.2. The molecule has 6 aromatic carbocycles. The van der Waals surface area contributed by atoms with E-state index in [4.69, 9.17) is 0 Å². The lowest BCUT2D eigenvalue weighted by atomic mass is 9.70. The Morgan fingerprint density at radius 1 is 0.479 bits per heavy atom. The quantitative estimate of drug-likeness (QED) is 0.192. The van der Waals surface area contributed by atoms with Crippen molar-refractivity contribution in [2.24, 2.45) is 0 Å². The highest BCUT2D eigenvalue weighted by molar-refractivity contribution is 6.24. The Morgan fingerprint density at radius 2 is 1.06 bits per heavy atom. The van der Waals surface area contributed by atoms with Gasteiger partial charge in [-0.2, -0.15) is 0 Å². The van der Waals surface area contributed by atoms with Crippen LogP contribution in [0.3, 0.4) is 0 Å². The van der Waals surface area contributed by atoms with Crippen molar-refractivity contribution in [3.63, 3.8) is 0 Å². The number of anilines is 2. The van der Waals surface area contributed by atoms with Gasteiger partial charge in [-0.1, -0.05) is 111 Å². The van der Waals surface area contributed by atoms with Crippen molar-refractivity contribution in [1.82, 2.24) is 9.13 Å². The fourth-order valence-electron chi connectivity index (χ4n) is 8.57. The highest BCUT2D eigenvalue weighted by atomic mass is 15.2. The van der Waals surface area contributed by atoms with Gasteiger partial charge in [0.2, 0.25) is 0 Å². The van der Waals surface area contributed by atoms with Crippen LogP contribution in [0.25, 0.3) is 55.0 Å². The zero-order chi connectivity index (χ0) is 32.0. The molecule has 0 saturated heterocycles. The Hall–Kier alpha value is -5.80. The average molecular weight is 618 g/mol. The molecule has 8 aromatic rings. The maximum atomic E-state index is 2.51. The molecule has 0 spiro atoms. The van der Waals surface area contributed by atoms with E-state index in [-0.39, 0.29) is 5.41 Å². The van der Waals surface area contributed by atoms with Crippen LogP contribution < -0.4 is 4.90 Å². The van der Waals surface area contributed by atoms with Gasteiger partial charge in [-0.25, -0.2) is 0 Å². The van der Waals surface area contributed by atoms with Crippen molar-refractivity contribution in [3.8, 4) is 11.4 Å². The number of hydrogen-bond acceptors (Lipinski definition) is 1. The molecule has 0 unspecified atom stereocenters. The predicted molar refractivity (Wildman–Crippen MR) is 202 cm³/mol. The van der Waals surface area contributed by atoms with E-state index in [0.29, 0.717) is 0 Å². The molecule has 2 aliphatic rings. The van der Waals surface area contributed by atoms with Crippen LogP contribution in [0.1, 0.15) is 32.3 Å². The molecule has 0 radical (unpaired) electrons. The highest BCUT2D eigenvalue weighted by Gasteiger charge is 2.39. The fourth-order valence-corrected chi connectivity index (χ4v) is 8.57. The van der Waals surface area contributed by atoms with Crippen LogP contribution >= 0.6 is 0 Å². The maximum absolute atomic E-state index is 2.51. The number of allylic oxidation sites excluding steroid dienone is 3. The smallest absolute Gasteiger partial charge is 0.0788 e. The summed E-state index contributed by atoms with van der Waals surface area (Å²) < 4.78 is 4.94. The number of hydrogen-bond donors (Lipinski definition) is 0. The molecule has 1 aliphatic heterocycles. The van der Waals surface area contributed by atoms with E-state index in [1.807, 2.05) is 0 Å². The summed E-state index contributed by atoms with van der Waals surface area (Å²) in [6.07, 6.45) is 7.07. The van der Waals surface area contributed by atoms with Gasteiger partial charge in [-0.15, -0.1) is 0 Å². The van der Waals surface area contributed by atoms with Crippen LogP contribution in [0.5, 0.6) is 0 Å². The van der Waals surface area contributed by atoms with Crippen LogP contribution in [-0.2, 0) is 5.41 Å². The highest BCUT2D eigenvalue weighted by Crippen LogP contribution is 2.52. The summed E-state index contributed by atoms with van der Waals surface area (Å²) in [5.41, 5.74) is 13.7. The van der Waals surface area contributed by atoms with Gasteiger partial charge in [-0.3, -0.25) is 0 Å². The topological polar surface area (TPSA) is 13.1 Å². The third-order valence-electron chi connectivity index (χ3n) is 10.7. The first-order valence-electron chi connectivity index (χ1n) is 17.0. The number of para-hydroxylation sites is 4. The van der Waals surface area contributed by atoms with Crippen LogP contribution in [0, 0.1) is 0 Å². The third-order valence-corrected chi connectivity index (χ3v) is 10.7. The van der Waals surface area contributed by atoms with Crippen LogP contribution in [0.15, 0.2) is 163 Å². The maximum Gasteiger partial charge on any atom is 0.0788 e. The SMILES string of the molecule is CC1(C)C2=CCCC=C2N(c2ccc3c(c2)c2ccc4c5ccccc5n(-c5ccccc5)c4c2n3-c2ccccc2)c2ccccc21. The van der Waals surface area contributed by atoms with E-state index >= 15 is 0 Å². The van der Waals surface area contributed by atoms with Crippen molar-refractivity contribution < 1.29 is 0 Å². The second-order valence-electron chi connectivity index (χ2n) is 13.7. The lowest BCUT2D eigenvalue weighted by Gasteiger charge is -2.45. The van der Waals surface area contributed by atoms with Gasteiger partial charge < -0.3 is 14.0 Å². The summed E-state index contributed by atoms with van der Waals surface area (Å²) in [6.45, 7) is 4.75. The van der Waals surface area contributed by atoms with Gasteiger partial charge >= 0.3 is 0 Å². The van der Waals surface area contributed by atoms with Crippen molar-refractivity contribution in [3.05, 3.63) is 169 Å². The Labute approximate surface area is 280 Å². The van der Waals surface area contributed by atoms with E-state index in [1.54, 1.807) is 0 Å². The fraction of sp³-hybridized carbons (Fsp3) is 0.111. The molecule has 2 aromatic heterocycles. The largest absolute Gasteiger partial charge is 0.310 e. The molecule has 0 saturated carbocycles. The Kier molecular flexibility index (Phi) is 5.75.